The van der Waals surface area contributed by atoms with Crippen molar-refractivity contribution in [3.05, 3.63) is 35.4 Å². The zero-order valence-corrected chi connectivity index (χ0v) is 12.9. The van der Waals surface area contributed by atoms with Crippen LogP contribution in [-0.4, -0.2) is 5.54 Å². The number of hydrogen-bond donors (Lipinski definition) is 1. The summed E-state index contributed by atoms with van der Waals surface area (Å²) >= 11 is 0. The second kappa shape index (κ2) is 4.80. The van der Waals surface area contributed by atoms with E-state index in [0.29, 0.717) is 0 Å². The lowest BCUT2D eigenvalue weighted by Crippen LogP contribution is -2.53. The highest BCUT2D eigenvalue weighted by atomic mass is 19.1. The maximum Gasteiger partial charge on any atom is 0.129 e. The van der Waals surface area contributed by atoms with Gasteiger partial charge in [-0.05, 0) is 48.6 Å². The van der Waals surface area contributed by atoms with Crippen LogP contribution in [-0.2, 0) is 6.42 Å². The third-order valence-electron chi connectivity index (χ3n) is 4.21. The topological polar surface area (TPSA) is 26.0 Å². The molecule has 0 atom stereocenters. The summed E-state index contributed by atoms with van der Waals surface area (Å²) in [5.41, 5.74) is 6.32. The Bertz CT molecular complexity index is 469. The number of nitrogens with two attached hydrogens (primary N) is 1. The van der Waals surface area contributed by atoms with E-state index in [2.05, 4.69) is 27.7 Å². The Morgan fingerprint density at radius 1 is 0.950 bits per heavy atom. The molecule has 0 amide bonds. The molecule has 1 aliphatic rings. The Balaban J connectivity index is 2.31. The van der Waals surface area contributed by atoms with E-state index in [-0.39, 0.29) is 22.8 Å². The molecule has 0 aromatic heterocycles. The van der Waals surface area contributed by atoms with Crippen molar-refractivity contribution in [3.8, 4) is 0 Å². The molecule has 2 rings (SSSR count). The highest BCUT2D eigenvalue weighted by molar-refractivity contribution is 5.23. The summed E-state index contributed by atoms with van der Waals surface area (Å²) in [6.45, 7) is 8.75. The summed E-state index contributed by atoms with van der Waals surface area (Å²) in [4.78, 5) is 0. The van der Waals surface area contributed by atoms with Crippen LogP contribution in [0.25, 0.3) is 0 Å². The van der Waals surface area contributed by atoms with E-state index < -0.39 is 17.2 Å². The Labute approximate surface area is 120 Å². The molecule has 1 fully saturated rings. The summed E-state index contributed by atoms with van der Waals surface area (Å²) in [5, 5.41) is 0. The molecule has 112 valence electrons. The van der Waals surface area contributed by atoms with Crippen molar-refractivity contribution in [1.82, 2.24) is 0 Å². The van der Waals surface area contributed by atoms with E-state index in [1.54, 1.807) is 0 Å². The predicted molar refractivity (Wildman–Crippen MR) is 78.4 cm³/mol. The van der Waals surface area contributed by atoms with Crippen LogP contribution in [0.4, 0.5) is 8.78 Å². The van der Waals surface area contributed by atoms with Crippen LogP contribution in [0.5, 0.6) is 0 Å². The summed E-state index contributed by atoms with van der Waals surface area (Å²) in [5.74, 6) is -0.980. The maximum absolute atomic E-state index is 13.9. The van der Waals surface area contributed by atoms with E-state index >= 15 is 0 Å². The summed E-state index contributed by atoms with van der Waals surface area (Å²) in [6.07, 6.45) is 2.92. The third kappa shape index (κ3) is 3.38. The molecule has 3 heteroatoms. The molecule has 0 saturated heterocycles. The number of halogens is 2. The zero-order valence-electron chi connectivity index (χ0n) is 12.9. The summed E-state index contributed by atoms with van der Waals surface area (Å²) < 4.78 is 27.7. The maximum atomic E-state index is 13.9. The molecule has 0 heterocycles. The number of hydrogen-bond acceptors (Lipinski definition) is 1. The second-order valence-electron chi connectivity index (χ2n) is 8.10. The molecule has 1 aromatic rings. The Kier molecular flexibility index (Phi) is 3.70. The van der Waals surface area contributed by atoms with Gasteiger partial charge in [-0.3, -0.25) is 0 Å². The monoisotopic (exact) mass is 281 g/mol. The van der Waals surface area contributed by atoms with Crippen LogP contribution in [0.3, 0.4) is 0 Å². The standard InChI is InChI=1S/C17H25F2N/c1-15(2)9-16(3,4)11-17(20,10-15)8-12-13(18)6-5-7-14(12)19/h5-7H,8-11,20H2,1-4H3. The normalized spacial score (nSPS) is 23.6. The number of rotatable bonds is 2. The first-order valence-corrected chi connectivity index (χ1v) is 7.24. The Morgan fingerprint density at radius 3 is 1.85 bits per heavy atom. The van der Waals surface area contributed by atoms with Crippen LogP contribution >= 0.6 is 0 Å². The van der Waals surface area contributed by atoms with Crippen molar-refractivity contribution < 1.29 is 8.78 Å². The number of benzene rings is 1. The van der Waals surface area contributed by atoms with Gasteiger partial charge in [-0.15, -0.1) is 0 Å². The molecule has 0 radical (unpaired) electrons. The van der Waals surface area contributed by atoms with E-state index in [1.807, 2.05) is 0 Å². The second-order valence-corrected chi connectivity index (χ2v) is 8.10. The fourth-order valence-corrected chi connectivity index (χ4v) is 4.57. The lowest BCUT2D eigenvalue weighted by atomic mass is 9.57. The van der Waals surface area contributed by atoms with Crippen molar-refractivity contribution in [1.29, 1.82) is 0 Å². The predicted octanol–water partition coefficient (Wildman–Crippen LogP) is 4.44. The smallest absolute Gasteiger partial charge is 0.129 e. The zero-order chi connectivity index (χ0) is 15.2. The van der Waals surface area contributed by atoms with E-state index in [1.165, 1.54) is 18.2 Å². The first-order valence-electron chi connectivity index (χ1n) is 7.24. The average Bonchev–Trinajstić information content (AvgIpc) is 2.18. The minimum atomic E-state index is -0.547. The molecule has 1 aromatic carbocycles. The molecule has 20 heavy (non-hydrogen) atoms. The quantitative estimate of drug-likeness (QED) is 0.852. The van der Waals surface area contributed by atoms with E-state index in [0.717, 1.165) is 19.3 Å². The highest BCUT2D eigenvalue weighted by Gasteiger charge is 2.45. The van der Waals surface area contributed by atoms with Crippen LogP contribution in [0.15, 0.2) is 18.2 Å². The van der Waals surface area contributed by atoms with Crippen molar-refractivity contribution in [2.45, 2.75) is 58.9 Å². The van der Waals surface area contributed by atoms with Gasteiger partial charge in [-0.25, -0.2) is 8.78 Å². The van der Waals surface area contributed by atoms with Gasteiger partial charge >= 0.3 is 0 Å². The van der Waals surface area contributed by atoms with Gasteiger partial charge in [-0.2, -0.15) is 0 Å². The van der Waals surface area contributed by atoms with Gasteiger partial charge in [0.1, 0.15) is 11.6 Å². The molecule has 0 spiro atoms. The van der Waals surface area contributed by atoms with Gasteiger partial charge in [0, 0.05) is 11.1 Å². The van der Waals surface area contributed by atoms with E-state index in [9.17, 15) is 8.78 Å². The van der Waals surface area contributed by atoms with Gasteiger partial charge in [-0.1, -0.05) is 33.8 Å². The van der Waals surface area contributed by atoms with Crippen LogP contribution < -0.4 is 5.73 Å². The van der Waals surface area contributed by atoms with Crippen LogP contribution in [0.1, 0.15) is 52.5 Å². The fourth-order valence-electron chi connectivity index (χ4n) is 4.57. The largest absolute Gasteiger partial charge is 0.325 e. The first kappa shape index (κ1) is 15.4. The Hall–Kier alpha value is -0.960. The van der Waals surface area contributed by atoms with Gasteiger partial charge in [0.15, 0.2) is 0 Å². The van der Waals surface area contributed by atoms with Gasteiger partial charge in [0.05, 0.1) is 0 Å². The molecular weight excluding hydrogens is 256 g/mol. The van der Waals surface area contributed by atoms with E-state index in [4.69, 9.17) is 5.73 Å². The molecule has 1 nitrogen and oxygen atoms in total. The van der Waals surface area contributed by atoms with Gasteiger partial charge in [0.25, 0.3) is 0 Å². The third-order valence-corrected chi connectivity index (χ3v) is 4.21. The van der Waals surface area contributed by atoms with Crippen molar-refractivity contribution >= 4 is 0 Å². The fraction of sp³-hybridized carbons (Fsp3) is 0.647. The molecule has 0 aliphatic heterocycles. The van der Waals surface area contributed by atoms with Crippen LogP contribution in [0.2, 0.25) is 0 Å². The lowest BCUT2D eigenvalue weighted by Gasteiger charge is -2.50. The molecular formula is C17H25F2N. The SMILES string of the molecule is CC1(C)CC(C)(C)CC(N)(Cc2c(F)cccc2F)C1. The van der Waals surface area contributed by atoms with Gasteiger partial charge < -0.3 is 5.73 Å². The lowest BCUT2D eigenvalue weighted by molar-refractivity contribution is 0.0479. The Morgan fingerprint density at radius 2 is 1.40 bits per heavy atom. The minimum absolute atomic E-state index is 0.0955. The van der Waals surface area contributed by atoms with Crippen LogP contribution in [0, 0.1) is 22.5 Å². The molecule has 0 unspecified atom stereocenters. The minimum Gasteiger partial charge on any atom is -0.325 e. The van der Waals surface area contributed by atoms with Crippen molar-refractivity contribution in [3.63, 3.8) is 0 Å². The molecule has 1 saturated carbocycles. The van der Waals surface area contributed by atoms with Crippen molar-refractivity contribution in [2.75, 3.05) is 0 Å². The average molecular weight is 281 g/mol. The molecule has 0 bridgehead atoms. The summed E-state index contributed by atoms with van der Waals surface area (Å²) in [7, 11) is 0. The van der Waals surface area contributed by atoms with Gasteiger partial charge in [0.2, 0.25) is 0 Å². The first-order chi connectivity index (χ1) is 9.02. The van der Waals surface area contributed by atoms with Crippen molar-refractivity contribution in [2.24, 2.45) is 16.6 Å². The molecule has 1 aliphatic carbocycles. The highest BCUT2D eigenvalue weighted by Crippen LogP contribution is 2.50. The summed E-state index contributed by atoms with van der Waals surface area (Å²) in [6, 6.07) is 4.01. The molecule has 2 N–H and O–H groups in total.